The standard InChI is InChI=1S/C18H24N4O3S/c1-5-12(2)15(17(24)25-4)19-14(23)11-26-18-21-20-16(22(18)3)13-9-7-6-8-10-13/h6-10,12,15H,5,11H2,1-4H3,(H,19,23)/t12-,15+/m1/s1. The van der Waals surface area contributed by atoms with Crippen LogP contribution in [0.1, 0.15) is 20.3 Å². The summed E-state index contributed by atoms with van der Waals surface area (Å²) in [6, 6.07) is 9.08. The highest BCUT2D eigenvalue weighted by atomic mass is 32.2. The van der Waals surface area contributed by atoms with Crippen molar-refractivity contribution in [3.63, 3.8) is 0 Å². The molecule has 7 nitrogen and oxygen atoms in total. The van der Waals surface area contributed by atoms with Crippen molar-refractivity contribution in [2.45, 2.75) is 31.5 Å². The summed E-state index contributed by atoms with van der Waals surface area (Å²) < 4.78 is 6.63. The third-order valence-electron chi connectivity index (χ3n) is 4.18. The molecule has 0 saturated heterocycles. The summed E-state index contributed by atoms with van der Waals surface area (Å²) >= 11 is 1.28. The lowest BCUT2D eigenvalue weighted by Gasteiger charge is -2.21. The molecule has 2 aromatic rings. The van der Waals surface area contributed by atoms with Gasteiger partial charge in [-0.2, -0.15) is 0 Å². The Bertz CT molecular complexity index is 748. The van der Waals surface area contributed by atoms with E-state index in [4.69, 9.17) is 4.74 Å². The molecular weight excluding hydrogens is 352 g/mol. The lowest BCUT2D eigenvalue weighted by atomic mass is 9.99. The van der Waals surface area contributed by atoms with Crippen LogP contribution in [0.5, 0.6) is 0 Å². The largest absolute Gasteiger partial charge is 0.467 e. The van der Waals surface area contributed by atoms with Gasteiger partial charge in [0.1, 0.15) is 6.04 Å². The minimum Gasteiger partial charge on any atom is -0.467 e. The summed E-state index contributed by atoms with van der Waals surface area (Å²) in [6.07, 6.45) is 0.761. The van der Waals surface area contributed by atoms with Gasteiger partial charge in [0.15, 0.2) is 11.0 Å². The van der Waals surface area contributed by atoms with Crippen molar-refractivity contribution in [1.82, 2.24) is 20.1 Å². The maximum absolute atomic E-state index is 12.3. The van der Waals surface area contributed by atoms with Gasteiger partial charge in [-0.25, -0.2) is 4.79 Å². The number of thioether (sulfide) groups is 1. The average molecular weight is 376 g/mol. The van der Waals surface area contributed by atoms with E-state index in [0.717, 1.165) is 17.8 Å². The van der Waals surface area contributed by atoms with Crippen LogP contribution >= 0.6 is 11.8 Å². The number of carbonyl (C=O) groups excluding carboxylic acids is 2. The molecule has 0 unspecified atom stereocenters. The van der Waals surface area contributed by atoms with Gasteiger partial charge >= 0.3 is 5.97 Å². The Labute approximate surface area is 157 Å². The van der Waals surface area contributed by atoms with Crippen molar-refractivity contribution in [3.05, 3.63) is 30.3 Å². The van der Waals surface area contributed by atoms with E-state index in [1.54, 1.807) is 0 Å². The van der Waals surface area contributed by atoms with E-state index in [1.807, 2.05) is 55.8 Å². The van der Waals surface area contributed by atoms with Crippen LogP contribution in [0.4, 0.5) is 0 Å². The first-order valence-electron chi connectivity index (χ1n) is 8.42. The zero-order valence-corrected chi connectivity index (χ0v) is 16.2. The monoisotopic (exact) mass is 376 g/mol. The number of rotatable bonds is 8. The molecule has 0 spiro atoms. The fraction of sp³-hybridized carbons (Fsp3) is 0.444. The number of benzene rings is 1. The van der Waals surface area contributed by atoms with Gasteiger partial charge in [0.05, 0.1) is 12.9 Å². The molecule has 1 N–H and O–H groups in total. The van der Waals surface area contributed by atoms with E-state index in [9.17, 15) is 9.59 Å². The Morgan fingerprint density at radius 1 is 1.27 bits per heavy atom. The number of hydrogen-bond donors (Lipinski definition) is 1. The van der Waals surface area contributed by atoms with Crippen molar-refractivity contribution < 1.29 is 14.3 Å². The van der Waals surface area contributed by atoms with Gasteiger partial charge in [0.25, 0.3) is 0 Å². The molecule has 2 rings (SSSR count). The Balaban J connectivity index is 1.99. The molecular formula is C18H24N4O3S. The number of esters is 1. The second kappa shape index (κ2) is 9.38. The number of nitrogens with zero attached hydrogens (tertiary/aromatic N) is 3. The zero-order chi connectivity index (χ0) is 19.1. The molecule has 2 atom stereocenters. The number of methoxy groups -OCH3 is 1. The first kappa shape index (κ1) is 20.0. The maximum atomic E-state index is 12.3. The van der Waals surface area contributed by atoms with Crippen LogP contribution in [0.15, 0.2) is 35.5 Å². The smallest absolute Gasteiger partial charge is 0.328 e. The number of nitrogens with one attached hydrogen (secondary N) is 1. The molecule has 1 heterocycles. The van der Waals surface area contributed by atoms with Crippen molar-refractivity contribution >= 4 is 23.6 Å². The highest BCUT2D eigenvalue weighted by molar-refractivity contribution is 7.99. The van der Waals surface area contributed by atoms with Crippen molar-refractivity contribution in [1.29, 1.82) is 0 Å². The molecule has 1 amide bonds. The van der Waals surface area contributed by atoms with Crippen LogP contribution in [0.3, 0.4) is 0 Å². The third kappa shape index (κ3) is 4.85. The number of ether oxygens (including phenoxy) is 1. The Morgan fingerprint density at radius 3 is 2.58 bits per heavy atom. The first-order chi connectivity index (χ1) is 12.5. The zero-order valence-electron chi connectivity index (χ0n) is 15.4. The second-order valence-electron chi connectivity index (χ2n) is 5.97. The number of amides is 1. The fourth-order valence-corrected chi connectivity index (χ4v) is 3.14. The Hall–Kier alpha value is -2.35. The summed E-state index contributed by atoms with van der Waals surface area (Å²) in [7, 11) is 3.18. The molecule has 0 aliphatic rings. The van der Waals surface area contributed by atoms with E-state index in [2.05, 4.69) is 15.5 Å². The SMILES string of the molecule is CC[C@@H](C)[C@H](NC(=O)CSc1nnc(-c2ccccc2)n1C)C(=O)OC. The van der Waals surface area contributed by atoms with E-state index in [-0.39, 0.29) is 17.6 Å². The second-order valence-corrected chi connectivity index (χ2v) is 6.92. The predicted molar refractivity (Wildman–Crippen MR) is 101 cm³/mol. The minimum absolute atomic E-state index is 0.00379. The van der Waals surface area contributed by atoms with Crippen molar-refractivity contribution in [2.75, 3.05) is 12.9 Å². The third-order valence-corrected chi connectivity index (χ3v) is 5.20. The summed E-state index contributed by atoms with van der Waals surface area (Å²) in [5, 5.41) is 11.7. The molecule has 1 aromatic carbocycles. The van der Waals surface area contributed by atoms with E-state index in [1.165, 1.54) is 18.9 Å². The Morgan fingerprint density at radius 2 is 1.96 bits per heavy atom. The van der Waals surface area contributed by atoms with Gasteiger partial charge in [-0.3, -0.25) is 4.79 Å². The average Bonchev–Trinajstić information content (AvgIpc) is 3.04. The van der Waals surface area contributed by atoms with Crippen LogP contribution in [0.25, 0.3) is 11.4 Å². The molecule has 0 aliphatic carbocycles. The van der Waals surface area contributed by atoms with Crippen LogP contribution in [-0.4, -0.2) is 45.5 Å². The molecule has 0 saturated carbocycles. The van der Waals surface area contributed by atoms with E-state index < -0.39 is 12.0 Å². The van der Waals surface area contributed by atoms with Crippen molar-refractivity contribution in [3.8, 4) is 11.4 Å². The predicted octanol–water partition coefficient (Wildman–Crippen LogP) is 2.28. The quantitative estimate of drug-likeness (QED) is 0.562. The number of hydrogen-bond acceptors (Lipinski definition) is 6. The van der Waals surface area contributed by atoms with Gasteiger partial charge in [-0.05, 0) is 5.92 Å². The summed E-state index contributed by atoms with van der Waals surface area (Å²) in [4.78, 5) is 24.1. The molecule has 8 heteroatoms. The molecule has 0 fully saturated rings. The van der Waals surface area contributed by atoms with Gasteiger partial charge in [0, 0.05) is 12.6 Å². The van der Waals surface area contributed by atoms with Gasteiger partial charge < -0.3 is 14.6 Å². The summed E-state index contributed by atoms with van der Waals surface area (Å²) in [6.45, 7) is 3.87. The maximum Gasteiger partial charge on any atom is 0.328 e. The fourth-order valence-electron chi connectivity index (χ4n) is 2.42. The van der Waals surface area contributed by atoms with Crippen LogP contribution in [0, 0.1) is 5.92 Å². The summed E-state index contributed by atoms with van der Waals surface area (Å²) in [5.74, 6) is 0.208. The topological polar surface area (TPSA) is 86.1 Å². The molecule has 0 radical (unpaired) electrons. The molecule has 140 valence electrons. The van der Waals surface area contributed by atoms with Gasteiger partial charge in [0.2, 0.25) is 5.91 Å². The molecule has 0 bridgehead atoms. The molecule has 0 aliphatic heterocycles. The van der Waals surface area contributed by atoms with Crippen molar-refractivity contribution in [2.24, 2.45) is 13.0 Å². The lowest BCUT2D eigenvalue weighted by molar-refractivity contribution is -0.146. The first-order valence-corrected chi connectivity index (χ1v) is 9.41. The van der Waals surface area contributed by atoms with E-state index >= 15 is 0 Å². The van der Waals surface area contributed by atoms with Crippen LogP contribution in [-0.2, 0) is 21.4 Å². The molecule has 1 aromatic heterocycles. The minimum atomic E-state index is -0.641. The van der Waals surface area contributed by atoms with Gasteiger partial charge in [-0.1, -0.05) is 62.4 Å². The number of carbonyl (C=O) groups is 2. The Kier molecular flexibility index (Phi) is 7.20. The highest BCUT2D eigenvalue weighted by Gasteiger charge is 2.26. The normalized spacial score (nSPS) is 13.1. The number of aromatic nitrogens is 3. The van der Waals surface area contributed by atoms with E-state index in [0.29, 0.717) is 5.16 Å². The molecule has 26 heavy (non-hydrogen) atoms. The van der Waals surface area contributed by atoms with Gasteiger partial charge in [-0.15, -0.1) is 10.2 Å². The lowest BCUT2D eigenvalue weighted by Crippen LogP contribution is -2.46. The highest BCUT2D eigenvalue weighted by Crippen LogP contribution is 2.22. The summed E-state index contributed by atoms with van der Waals surface area (Å²) in [5.41, 5.74) is 0.960. The van der Waals surface area contributed by atoms with Crippen LogP contribution < -0.4 is 5.32 Å². The van der Waals surface area contributed by atoms with Crippen LogP contribution in [0.2, 0.25) is 0 Å².